The third kappa shape index (κ3) is 4.40. The average molecular weight is 496 g/mol. The third-order valence-corrected chi connectivity index (χ3v) is 6.59. The van der Waals surface area contributed by atoms with Gasteiger partial charge in [-0.2, -0.15) is 18.4 Å². The molecule has 0 bridgehead atoms. The van der Waals surface area contributed by atoms with Gasteiger partial charge in [0.1, 0.15) is 5.82 Å². The van der Waals surface area contributed by atoms with E-state index in [4.69, 9.17) is 5.26 Å². The van der Waals surface area contributed by atoms with E-state index in [0.29, 0.717) is 12.8 Å². The molecule has 1 saturated carbocycles. The summed E-state index contributed by atoms with van der Waals surface area (Å²) in [6.45, 7) is 0. The second-order valence-electron chi connectivity index (χ2n) is 8.32. The van der Waals surface area contributed by atoms with Crippen LogP contribution in [-0.2, 0) is 16.2 Å². The summed E-state index contributed by atoms with van der Waals surface area (Å²) in [4.78, 5) is 16.1. The first-order valence-electron chi connectivity index (χ1n) is 10.4. The predicted molar refractivity (Wildman–Crippen MR) is 117 cm³/mol. The van der Waals surface area contributed by atoms with Crippen LogP contribution in [0.5, 0.6) is 0 Å². The van der Waals surface area contributed by atoms with Crippen molar-refractivity contribution in [3.05, 3.63) is 53.3 Å². The number of sulfonamides is 1. The van der Waals surface area contributed by atoms with Crippen molar-refractivity contribution in [2.75, 3.05) is 20.8 Å². The van der Waals surface area contributed by atoms with Crippen molar-refractivity contribution >= 4 is 33.1 Å². The Labute approximate surface area is 193 Å². The normalized spacial score (nSPS) is 20.8. The van der Waals surface area contributed by atoms with Crippen LogP contribution >= 0.6 is 0 Å². The first-order chi connectivity index (χ1) is 15.9. The first-order valence-corrected chi connectivity index (χ1v) is 12.3. The molecule has 12 heteroatoms. The molecule has 0 spiro atoms. The Balaban J connectivity index is 1.75. The highest BCUT2D eigenvalue weighted by atomic mass is 32.2. The Morgan fingerprint density at radius 3 is 2.09 bits per heavy atom. The zero-order valence-electron chi connectivity index (χ0n) is 17.9. The number of benzene rings is 2. The first kappa shape index (κ1) is 23.8. The summed E-state index contributed by atoms with van der Waals surface area (Å²) < 4.78 is 80.1. The molecule has 1 heterocycles. The van der Waals surface area contributed by atoms with E-state index in [1.807, 2.05) is 0 Å². The third-order valence-electron chi connectivity index (χ3n) is 6.00. The monoisotopic (exact) mass is 496 g/mol. The second-order valence-corrected chi connectivity index (χ2v) is 10.1. The lowest BCUT2D eigenvalue weighted by atomic mass is 9.89. The van der Waals surface area contributed by atoms with Gasteiger partial charge in [0.25, 0.3) is 0 Å². The van der Waals surface area contributed by atoms with E-state index in [1.54, 1.807) is 0 Å². The summed E-state index contributed by atoms with van der Waals surface area (Å²) in [7, 11) is -3.72. The Bertz CT molecular complexity index is 1290. The van der Waals surface area contributed by atoms with E-state index in [9.17, 15) is 30.8 Å². The van der Waals surface area contributed by atoms with Crippen LogP contribution < -0.4 is 14.5 Å². The average Bonchev–Trinajstić information content (AvgIpc) is 3.05. The summed E-state index contributed by atoms with van der Waals surface area (Å²) in [6.07, 6.45) is -1.23. The molecule has 7 nitrogen and oxygen atoms in total. The number of urea groups is 1. The number of nitriles is 1. The van der Waals surface area contributed by atoms with E-state index in [1.165, 1.54) is 34.1 Å². The molecule has 2 atom stereocenters. The minimum atomic E-state index is -4.78. The quantitative estimate of drug-likeness (QED) is 0.613. The van der Waals surface area contributed by atoms with Gasteiger partial charge in [0.2, 0.25) is 10.0 Å². The smallest absolute Gasteiger partial charge is 0.289 e. The van der Waals surface area contributed by atoms with Crippen LogP contribution in [0, 0.1) is 17.1 Å². The van der Waals surface area contributed by atoms with Crippen LogP contribution in [0.25, 0.3) is 0 Å². The fourth-order valence-corrected chi connectivity index (χ4v) is 5.21. The number of carbonyl (C=O) groups is 1. The van der Waals surface area contributed by atoms with Gasteiger partial charge >= 0.3 is 12.2 Å². The van der Waals surface area contributed by atoms with Crippen LogP contribution in [0.15, 0.2) is 36.4 Å². The largest absolute Gasteiger partial charge is 0.417 e. The van der Waals surface area contributed by atoms with Crippen LogP contribution in [0.1, 0.15) is 36.8 Å². The number of anilines is 3. The lowest BCUT2D eigenvalue weighted by Crippen LogP contribution is -2.40. The van der Waals surface area contributed by atoms with Gasteiger partial charge in [-0.25, -0.2) is 17.6 Å². The molecule has 4 rings (SSSR count). The molecule has 0 aromatic heterocycles. The van der Waals surface area contributed by atoms with Crippen molar-refractivity contribution in [2.24, 2.45) is 0 Å². The number of hydrogen-bond acceptors (Lipinski definition) is 4. The van der Waals surface area contributed by atoms with Crippen LogP contribution in [0.3, 0.4) is 0 Å². The van der Waals surface area contributed by atoms with Gasteiger partial charge in [-0.3, -0.25) is 14.5 Å². The highest BCUT2D eigenvalue weighted by Crippen LogP contribution is 2.42. The topological polar surface area (TPSA) is 93.5 Å². The number of nitrogens with zero attached hydrogens (tertiary/aromatic N) is 3. The van der Waals surface area contributed by atoms with Crippen molar-refractivity contribution in [3.8, 4) is 6.07 Å². The molecule has 2 amide bonds. The summed E-state index contributed by atoms with van der Waals surface area (Å²) >= 11 is 0. The van der Waals surface area contributed by atoms with Gasteiger partial charge in [-0.05, 0) is 49.2 Å². The number of fused-ring (bicyclic) bond motifs is 1. The summed E-state index contributed by atoms with van der Waals surface area (Å²) in [5.41, 5.74) is -1.78. The van der Waals surface area contributed by atoms with Gasteiger partial charge < -0.3 is 0 Å². The molecule has 0 unspecified atom stereocenters. The predicted octanol–water partition coefficient (Wildman–Crippen LogP) is 4.85. The van der Waals surface area contributed by atoms with Gasteiger partial charge in [0.15, 0.2) is 0 Å². The molecular weight excluding hydrogens is 476 g/mol. The number of alkyl halides is 3. The number of rotatable bonds is 4. The number of hydrogen-bond donors (Lipinski definition) is 1. The lowest BCUT2D eigenvalue weighted by molar-refractivity contribution is -0.137. The maximum Gasteiger partial charge on any atom is 0.417 e. The van der Waals surface area contributed by atoms with Gasteiger partial charge in [0, 0.05) is 11.4 Å². The maximum absolute atomic E-state index is 14.6. The lowest BCUT2D eigenvalue weighted by Gasteiger charge is -2.32. The van der Waals surface area contributed by atoms with Crippen LogP contribution in [0.4, 0.5) is 39.4 Å². The van der Waals surface area contributed by atoms with E-state index in [0.717, 1.165) is 37.3 Å². The molecule has 34 heavy (non-hydrogen) atoms. The van der Waals surface area contributed by atoms with E-state index in [-0.39, 0.29) is 17.1 Å². The number of nitrogens with one attached hydrogen (secondary N) is 1. The number of amides is 2. The summed E-state index contributed by atoms with van der Waals surface area (Å²) in [5.74, 6) is -0.890. The van der Waals surface area contributed by atoms with Gasteiger partial charge in [-0.1, -0.05) is 12.8 Å². The van der Waals surface area contributed by atoms with Crippen molar-refractivity contribution < 1.29 is 30.8 Å². The molecule has 1 aliphatic heterocycles. The Kier molecular flexibility index (Phi) is 5.93. The summed E-state index contributed by atoms with van der Waals surface area (Å²) in [6, 6.07) is 6.83. The van der Waals surface area contributed by atoms with Crippen molar-refractivity contribution in [2.45, 2.75) is 43.9 Å². The minimum absolute atomic E-state index is 0.00607. The molecule has 1 aliphatic carbocycles. The van der Waals surface area contributed by atoms with E-state index in [2.05, 4.69) is 4.72 Å². The fraction of sp³-hybridized carbons (Fsp3) is 0.364. The highest BCUT2D eigenvalue weighted by molar-refractivity contribution is 7.92. The zero-order chi connectivity index (χ0) is 24.8. The Hall–Kier alpha value is -3.33. The van der Waals surface area contributed by atoms with Crippen molar-refractivity contribution in [1.82, 2.24) is 0 Å². The maximum atomic E-state index is 14.6. The standard InChI is InChI=1S/C22H20F4N4O3S/c1-34(32,33)28-18-9-8-15(11-17(18)23)30-20-5-3-2-4-19(20)29(21(30)31)14-7-6-13(12-27)16(10-14)22(24,25)26/h6-11,19-20,28H,2-5H2,1H3/t19-,20-/m0/s1. The second kappa shape index (κ2) is 8.47. The molecule has 2 fully saturated rings. The molecule has 2 aromatic rings. The molecule has 2 aliphatic rings. The van der Waals surface area contributed by atoms with Gasteiger partial charge in [0.05, 0.1) is 41.2 Å². The summed E-state index contributed by atoms with van der Waals surface area (Å²) in [5, 5.41) is 9.07. The Morgan fingerprint density at radius 2 is 1.59 bits per heavy atom. The van der Waals surface area contributed by atoms with Crippen molar-refractivity contribution in [1.29, 1.82) is 5.26 Å². The van der Waals surface area contributed by atoms with Crippen molar-refractivity contribution in [3.63, 3.8) is 0 Å². The number of carbonyl (C=O) groups excluding carboxylic acids is 1. The van der Waals surface area contributed by atoms with Crippen LogP contribution in [-0.4, -0.2) is 32.8 Å². The van der Waals surface area contributed by atoms with E-state index >= 15 is 0 Å². The minimum Gasteiger partial charge on any atom is -0.289 e. The zero-order valence-corrected chi connectivity index (χ0v) is 18.8. The van der Waals surface area contributed by atoms with Crippen LogP contribution in [0.2, 0.25) is 0 Å². The Morgan fingerprint density at radius 1 is 1.03 bits per heavy atom. The molecule has 0 radical (unpaired) electrons. The molecule has 180 valence electrons. The van der Waals surface area contributed by atoms with E-state index < -0.39 is 51.3 Å². The SMILES string of the molecule is CS(=O)(=O)Nc1ccc(N2C(=O)N(c3ccc(C#N)c(C(F)(F)F)c3)[C@H]3CCCC[C@@H]32)cc1F. The fourth-order valence-electron chi connectivity index (χ4n) is 4.65. The molecule has 1 saturated heterocycles. The molecular formula is C22H20F4N4O3S. The number of halogens is 4. The molecule has 2 aromatic carbocycles. The highest BCUT2D eigenvalue weighted by Gasteiger charge is 2.48. The van der Waals surface area contributed by atoms with Gasteiger partial charge in [-0.15, -0.1) is 0 Å². The molecule has 1 N–H and O–H groups in total.